The quantitative estimate of drug-likeness (QED) is 0.524. The van der Waals surface area contributed by atoms with Crippen molar-refractivity contribution >= 4 is 20.1 Å². The molecule has 0 spiro atoms. The molecule has 0 N–H and O–H groups in total. The molecule has 0 radical (unpaired) electrons. The van der Waals surface area contributed by atoms with E-state index >= 15 is 0 Å². The molecule has 26 heavy (non-hydrogen) atoms. The second-order valence-corrected chi connectivity index (χ2v) is 13.6. The zero-order valence-electron chi connectivity index (χ0n) is 17.0. The van der Waals surface area contributed by atoms with Crippen molar-refractivity contribution < 1.29 is 14.0 Å². The Morgan fingerprint density at radius 2 is 1.88 bits per heavy atom. The average molecular weight is 376 g/mol. The van der Waals surface area contributed by atoms with Crippen molar-refractivity contribution in [2.75, 3.05) is 6.54 Å². The third kappa shape index (κ3) is 4.83. The topological polar surface area (TPSA) is 46.6 Å². The summed E-state index contributed by atoms with van der Waals surface area (Å²) in [6.45, 7) is 13.4. The Kier molecular flexibility index (Phi) is 6.45. The fraction of sp³-hybridized carbons (Fsp3) is 0.619. The molecule has 1 fully saturated rings. The molecule has 2 rings (SSSR count). The van der Waals surface area contributed by atoms with E-state index in [9.17, 15) is 9.59 Å². The Morgan fingerprint density at radius 3 is 2.42 bits per heavy atom. The molecule has 1 heterocycles. The van der Waals surface area contributed by atoms with Crippen molar-refractivity contribution in [3.63, 3.8) is 0 Å². The molecule has 2 amide bonds. The van der Waals surface area contributed by atoms with E-state index in [1.807, 2.05) is 25.1 Å². The van der Waals surface area contributed by atoms with Crippen molar-refractivity contribution in [3.8, 4) is 0 Å². The molecule has 2 atom stereocenters. The first-order chi connectivity index (χ1) is 12.0. The molecule has 0 unspecified atom stereocenters. The standard InChI is InChI=1S/C21H33NO3Si/c1-16(25-26(5,6)21(2,3)4)18-15-22(20(18)24)19(23)14-10-13-17-11-8-7-9-12-17/h7-9,11-12,16,18H,10,13-15H2,1-6H3/t16-,18+/m1/s1. The van der Waals surface area contributed by atoms with Gasteiger partial charge in [0.25, 0.3) is 0 Å². The van der Waals surface area contributed by atoms with Gasteiger partial charge in [-0.2, -0.15) is 0 Å². The van der Waals surface area contributed by atoms with Crippen LogP contribution in [0.15, 0.2) is 30.3 Å². The fourth-order valence-corrected chi connectivity index (χ4v) is 4.42. The van der Waals surface area contributed by atoms with Crippen LogP contribution in [0, 0.1) is 5.92 Å². The monoisotopic (exact) mass is 375 g/mol. The molecule has 144 valence electrons. The molecule has 1 aliphatic heterocycles. The van der Waals surface area contributed by atoms with Crippen LogP contribution in [-0.2, 0) is 20.4 Å². The zero-order chi connectivity index (χ0) is 19.5. The number of nitrogens with zero attached hydrogens (tertiary/aromatic N) is 1. The number of carbonyl (C=O) groups is 2. The first kappa shape index (κ1) is 20.8. The van der Waals surface area contributed by atoms with Gasteiger partial charge in [0.05, 0.1) is 12.0 Å². The van der Waals surface area contributed by atoms with E-state index in [-0.39, 0.29) is 28.9 Å². The van der Waals surface area contributed by atoms with Crippen molar-refractivity contribution in [1.29, 1.82) is 0 Å². The number of β-lactam (4-membered cyclic amide) rings is 1. The normalized spacial score (nSPS) is 19.2. The second kappa shape index (κ2) is 8.05. The molecule has 0 aliphatic carbocycles. The van der Waals surface area contributed by atoms with Crippen LogP contribution < -0.4 is 0 Å². The predicted molar refractivity (Wildman–Crippen MR) is 107 cm³/mol. The van der Waals surface area contributed by atoms with Crippen molar-refractivity contribution in [2.45, 2.75) is 71.2 Å². The maximum atomic E-state index is 12.5. The Labute approximate surface area is 159 Å². The zero-order valence-corrected chi connectivity index (χ0v) is 18.0. The third-order valence-electron chi connectivity index (χ3n) is 5.82. The second-order valence-electron chi connectivity index (χ2n) is 8.87. The van der Waals surface area contributed by atoms with Gasteiger partial charge in [-0.05, 0) is 43.5 Å². The summed E-state index contributed by atoms with van der Waals surface area (Å²) in [7, 11) is -1.91. The number of hydrogen-bond acceptors (Lipinski definition) is 3. The van der Waals surface area contributed by atoms with E-state index in [1.54, 1.807) is 0 Å². The lowest BCUT2D eigenvalue weighted by molar-refractivity contribution is -0.162. The van der Waals surface area contributed by atoms with Crippen LogP contribution in [0.4, 0.5) is 0 Å². The highest BCUT2D eigenvalue weighted by molar-refractivity contribution is 6.74. The first-order valence-corrected chi connectivity index (χ1v) is 12.5. The van der Waals surface area contributed by atoms with E-state index in [4.69, 9.17) is 4.43 Å². The van der Waals surface area contributed by atoms with Crippen LogP contribution in [0.25, 0.3) is 0 Å². The van der Waals surface area contributed by atoms with Gasteiger partial charge >= 0.3 is 0 Å². The summed E-state index contributed by atoms with van der Waals surface area (Å²) < 4.78 is 6.32. The van der Waals surface area contributed by atoms with Crippen LogP contribution >= 0.6 is 0 Å². The van der Waals surface area contributed by atoms with Crippen LogP contribution in [0.2, 0.25) is 18.1 Å². The van der Waals surface area contributed by atoms with Gasteiger partial charge in [-0.25, -0.2) is 0 Å². The van der Waals surface area contributed by atoms with Crippen molar-refractivity contribution in [3.05, 3.63) is 35.9 Å². The van der Waals surface area contributed by atoms with Gasteiger partial charge in [-0.15, -0.1) is 0 Å². The van der Waals surface area contributed by atoms with Gasteiger partial charge in [0.15, 0.2) is 8.32 Å². The largest absolute Gasteiger partial charge is 0.413 e. The van der Waals surface area contributed by atoms with Crippen LogP contribution in [-0.4, -0.2) is 37.7 Å². The highest BCUT2D eigenvalue weighted by atomic mass is 28.4. The van der Waals surface area contributed by atoms with E-state index in [0.717, 1.165) is 12.8 Å². The lowest BCUT2D eigenvalue weighted by Gasteiger charge is -2.45. The molecule has 1 aliphatic rings. The Morgan fingerprint density at radius 1 is 1.27 bits per heavy atom. The lowest BCUT2D eigenvalue weighted by atomic mass is 9.93. The van der Waals surface area contributed by atoms with Crippen molar-refractivity contribution in [2.24, 2.45) is 5.92 Å². The summed E-state index contributed by atoms with van der Waals surface area (Å²) in [4.78, 5) is 26.2. The number of rotatable bonds is 7. The summed E-state index contributed by atoms with van der Waals surface area (Å²) in [6, 6.07) is 10.1. The van der Waals surface area contributed by atoms with E-state index in [2.05, 4.69) is 46.0 Å². The summed E-state index contributed by atoms with van der Waals surface area (Å²) in [5, 5.41) is 0.112. The Bertz CT molecular complexity index is 636. The number of benzene rings is 1. The number of carbonyl (C=O) groups excluding carboxylic acids is 2. The highest BCUT2D eigenvalue weighted by Gasteiger charge is 2.47. The predicted octanol–water partition coefficient (Wildman–Crippen LogP) is 4.40. The van der Waals surface area contributed by atoms with Gasteiger partial charge < -0.3 is 4.43 Å². The maximum absolute atomic E-state index is 12.5. The summed E-state index contributed by atoms with van der Waals surface area (Å²) in [5.74, 6) is -0.301. The molecule has 0 aromatic heterocycles. The summed E-state index contributed by atoms with van der Waals surface area (Å²) in [6.07, 6.45) is 1.93. The van der Waals surface area contributed by atoms with Gasteiger partial charge in [0.1, 0.15) is 0 Å². The number of imide groups is 1. The van der Waals surface area contributed by atoms with Crippen LogP contribution in [0.1, 0.15) is 46.1 Å². The van der Waals surface area contributed by atoms with Crippen LogP contribution in [0.5, 0.6) is 0 Å². The van der Waals surface area contributed by atoms with E-state index < -0.39 is 8.32 Å². The minimum Gasteiger partial charge on any atom is -0.413 e. The van der Waals surface area contributed by atoms with Crippen LogP contribution in [0.3, 0.4) is 0 Å². The Hall–Kier alpha value is -1.46. The number of likely N-dealkylation sites (tertiary alicyclic amines) is 1. The SMILES string of the molecule is C[C@@H](O[Si](C)(C)C(C)(C)C)[C@@H]1CN(C(=O)CCCc2ccccc2)C1=O. The van der Waals surface area contributed by atoms with Gasteiger partial charge in [-0.1, -0.05) is 51.1 Å². The molecular formula is C21H33NO3Si. The molecule has 1 aromatic rings. The molecule has 5 heteroatoms. The molecular weight excluding hydrogens is 342 g/mol. The average Bonchev–Trinajstić information content (AvgIpc) is 2.53. The number of amides is 2. The van der Waals surface area contributed by atoms with E-state index in [0.29, 0.717) is 13.0 Å². The van der Waals surface area contributed by atoms with Gasteiger partial charge in [0, 0.05) is 13.0 Å². The lowest BCUT2D eigenvalue weighted by Crippen LogP contribution is -2.60. The molecule has 1 saturated heterocycles. The molecule has 0 saturated carbocycles. The van der Waals surface area contributed by atoms with E-state index in [1.165, 1.54) is 10.5 Å². The summed E-state index contributed by atoms with van der Waals surface area (Å²) in [5.41, 5.74) is 1.23. The molecule has 4 nitrogen and oxygen atoms in total. The number of hydrogen-bond donors (Lipinski definition) is 0. The minimum atomic E-state index is -1.91. The molecule has 1 aromatic carbocycles. The Balaban J connectivity index is 1.79. The first-order valence-electron chi connectivity index (χ1n) is 9.59. The third-order valence-corrected chi connectivity index (χ3v) is 10.4. The van der Waals surface area contributed by atoms with Crippen molar-refractivity contribution in [1.82, 2.24) is 4.90 Å². The minimum absolute atomic E-state index is 0.0540. The smallest absolute Gasteiger partial charge is 0.236 e. The van der Waals surface area contributed by atoms with Gasteiger partial charge in [-0.3, -0.25) is 14.5 Å². The molecule has 0 bridgehead atoms. The summed E-state index contributed by atoms with van der Waals surface area (Å²) >= 11 is 0. The number of aryl methyl sites for hydroxylation is 1. The highest BCUT2D eigenvalue weighted by Crippen LogP contribution is 2.39. The maximum Gasteiger partial charge on any atom is 0.236 e. The van der Waals surface area contributed by atoms with Gasteiger partial charge in [0.2, 0.25) is 11.8 Å². The fourth-order valence-electron chi connectivity index (χ4n) is 2.97.